The molecule has 0 spiro atoms. The Morgan fingerprint density at radius 2 is 1.70 bits per heavy atom. The van der Waals surface area contributed by atoms with E-state index in [2.05, 4.69) is 5.32 Å². The molecule has 6 heteroatoms. The molecule has 0 heterocycles. The summed E-state index contributed by atoms with van der Waals surface area (Å²) in [5, 5.41) is 2.99. The van der Waals surface area contributed by atoms with Gasteiger partial charge in [0.25, 0.3) is 0 Å². The standard InChI is InChI=1S/C24H31FN2O2S/c1-4-18(3)26-24(29)22(5-2)27(17-19-11-13-20(25)14-12-19)23(28)15-16-30-21-9-7-6-8-10-21/h6-14,18,22H,4-5,15-17H2,1-3H3,(H,26,29)/t18-,22+/m0/s1. The molecule has 0 aromatic heterocycles. The van der Waals surface area contributed by atoms with Crippen LogP contribution in [0, 0.1) is 5.82 Å². The fourth-order valence-corrected chi connectivity index (χ4v) is 3.93. The van der Waals surface area contributed by atoms with Crippen LogP contribution in [0.5, 0.6) is 0 Å². The first-order valence-electron chi connectivity index (χ1n) is 10.5. The third-order valence-electron chi connectivity index (χ3n) is 4.98. The lowest BCUT2D eigenvalue weighted by Crippen LogP contribution is -2.50. The summed E-state index contributed by atoms with van der Waals surface area (Å²) in [7, 11) is 0. The van der Waals surface area contributed by atoms with Crippen molar-refractivity contribution in [1.29, 1.82) is 0 Å². The molecule has 2 aromatic rings. The van der Waals surface area contributed by atoms with Crippen molar-refractivity contribution >= 4 is 23.6 Å². The molecule has 1 N–H and O–H groups in total. The molecule has 0 unspecified atom stereocenters. The number of hydrogen-bond donors (Lipinski definition) is 1. The van der Waals surface area contributed by atoms with E-state index in [1.54, 1.807) is 28.8 Å². The molecule has 0 bridgehead atoms. The Balaban J connectivity index is 2.12. The fraction of sp³-hybridized carbons (Fsp3) is 0.417. The van der Waals surface area contributed by atoms with Crippen molar-refractivity contribution < 1.29 is 14.0 Å². The summed E-state index contributed by atoms with van der Waals surface area (Å²) < 4.78 is 13.3. The minimum absolute atomic E-state index is 0.0444. The van der Waals surface area contributed by atoms with E-state index in [1.165, 1.54) is 12.1 Å². The molecule has 162 valence electrons. The highest BCUT2D eigenvalue weighted by Gasteiger charge is 2.28. The van der Waals surface area contributed by atoms with Crippen LogP contribution in [0.1, 0.15) is 45.6 Å². The molecule has 0 aliphatic carbocycles. The first kappa shape index (κ1) is 23.9. The van der Waals surface area contributed by atoms with Gasteiger partial charge in [-0.2, -0.15) is 0 Å². The molecule has 2 rings (SSSR count). The highest BCUT2D eigenvalue weighted by molar-refractivity contribution is 7.99. The molecule has 4 nitrogen and oxygen atoms in total. The Labute approximate surface area is 183 Å². The molecule has 2 atom stereocenters. The molecule has 0 radical (unpaired) electrons. The van der Waals surface area contributed by atoms with Crippen LogP contribution in [0.15, 0.2) is 59.5 Å². The van der Waals surface area contributed by atoms with Crippen LogP contribution in [0.2, 0.25) is 0 Å². The summed E-state index contributed by atoms with van der Waals surface area (Å²) in [6.07, 6.45) is 1.66. The summed E-state index contributed by atoms with van der Waals surface area (Å²) in [5.74, 6) is 0.0935. The molecule has 2 aromatic carbocycles. The molecule has 0 fully saturated rings. The molecular formula is C24H31FN2O2S. The number of thioether (sulfide) groups is 1. The Bertz CT molecular complexity index is 799. The monoisotopic (exact) mass is 430 g/mol. The molecule has 0 saturated heterocycles. The lowest BCUT2D eigenvalue weighted by Gasteiger charge is -2.31. The van der Waals surface area contributed by atoms with Crippen LogP contribution in [0.3, 0.4) is 0 Å². The van der Waals surface area contributed by atoms with E-state index in [1.807, 2.05) is 51.1 Å². The Hall–Kier alpha value is -2.34. The summed E-state index contributed by atoms with van der Waals surface area (Å²) in [5.41, 5.74) is 0.801. The normalized spacial score (nSPS) is 12.8. The Kier molecular flexibility index (Phi) is 9.87. The number of carbonyl (C=O) groups excluding carboxylic acids is 2. The van der Waals surface area contributed by atoms with Gasteiger partial charge < -0.3 is 10.2 Å². The first-order valence-corrected chi connectivity index (χ1v) is 11.4. The number of nitrogens with one attached hydrogen (secondary N) is 1. The molecule has 0 aliphatic heterocycles. The van der Waals surface area contributed by atoms with E-state index in [4.69, 9.17) is 0 Å². The minimum Gasteiger partial charge on any atom is -0.352 e. The number of benzene rings is 2. The number of rotatable bonds is 11. The van der Waals surface area contributed by atoms with Crippen molar-refractivity contribution in [1.82, 2.24) is 10.2 Å². The third kappa shape index (κ3) is 7.48. The first-order chi connectivity index (χ1) is 14.4. The summed E-state index contributed by atoms with van der Waals surface area (Å²) in [6.45, 7) is 6.15. The average molecular weight is 431 g/mol. The van der Waals surface area contributed by atoms with E-state index in [0.29, 0.717) is 18.6 Å². The zero-order valence-electron chi connectivity index (χ0n) is 17.9. The maximum atomic E-state index is 13.3. The van der Waals surface area contributed by atoms with E-state index >= 15 is 0 Å². The number of halogens is 1. The SMILES string of the molecule is CC[C@H](C(=O)N[C@@H](C)CC)N(Cc1ccc(F)cc1)C(=O)CCSc1ccccc1. The van der Waals surface area contributed by atoms with Crippen LogP contribution >= 0.6 is 11.8 Å². The minimum atomic E-state index is -0.557. The molecule has 0 saturated carbocycles. The zero-order chi connectivity index (χ0) is 21.9. The van der Waals surface area contributed by atoms with Gasteiger partial charge in [-0.05, 0) is 49.6 Å². The molecular weight excluding hydrogens is 399 g/mol. The lowest BCUT2D eigenvalue weighted by molar-refractivity contribution is -0.141. The molecule has 2 amide bonds. The van der Waals surface area contributed by atoms with Crippen molar-refractivity contribution in [3.63, 3.8) is 0 Å². The number of nitrogens with zero attached hydrogens (tertiary/aromatic N) is 1. The van der Waals surface area contributed by atoms with Crippen LogP contribution in [0.4, 0.5) is 4.39 Å². The smallest absolute Gasteiger partial charge is 0.243 e. The fourth-order valence-electron chi connectivity index (χ4n) is 3.06. The quantitative estimate of drug-likeness (QED) is 0.509. The van der Waals surface area contributed by atoms with E-state index in [0.717, 1.165) is 16.9 Å². The topological polar surface area (TPSA) is 49.4 Å². The van der Waals surface area contributed by atoms with Crippen molar-refractivity contribution in [2.24, 2.45) is 0 Å². The van der Waals surface area contributed by atoms with Crippen LogP contribution in [-0.2, 0) is 16.1 Å². The van der Waals surface area contributed by atoms with E-state index < -0.39 is 6.04 Å². The maximum absolute atomic E-state index is 13.3. The van der Waals surface area contributed by atoms with E-state index in [9.17, 15) is 14.0 Å². The second kappa shape index (κ2) is 12.4. The van der Waals surface area contributed by atoms with Crippen molar-refractivity contribution in [2.45, 2.75) is 63.6 Å². The maximum Gasteiger partial charge on any atom is 0.243 e. The second-order valence-corrected chi connectivity index (χ2v) is 8.47. The van der Waals surface area contributed by atoms with Crippen LogP contribution in [-0.4, -0.2) is 34.6 Å². The lowest BCUT2D eigenvalue weighted by atomic mass is 10.1. The molecule has 0 aliphatic rings. The van der Waals surface area contributed by atoms with Crippen LogP contribution < -0.4 is 5.32 Å². The van der Waals surface area contributed by atoms with Gasteiger partial charge in [0.05, 0.1) is 0 Å². The average Bonchev–Trinajstić information content (AvgIpc) is 2.75. The number of amides is 2. The number of hydrogen-bond acceptors (Lipinski definition) is 3. The zero-order valence-corrected chi connectivity index (χ0v) is 18.8. The van der Waals surface area contributed by atoms with Crippen molar-refractivity contribution in [2.75, 3.05) is 5.75 Å². The third-order valence-corrected chi connectivity index (χ3v) is 5.99. The predicted octanol–water partition coefficient (Wildman–Crippen LogP) is 5.03. The van der Waals surface area contributed by atoms with Gasteiger partial charge in [0.1, 0.15) is 11.9 Å². The van der Waals surface area contributed by atoms with Gasteiger partial charge in [-0.1, -0.05) is 44.2 Å². The van der Waals surface area contributed by atoms with Crippen molar-refractivity contribution in [3.8, 4) is 0 Å². The van der Waals surface area contributed by atoms with Gasteiger partial charge in [-0.3, -0.25) is 9.59 Å². The van der Waals surface area contributed by atoms with Gasteiger partial charge >= 0.3 is 0 Å². The summed E-state index contributed by atoms with van der Waals surface area (Å²) in [6, 6.07) is 15.5. The van der Waals surface area contributed by atoms with E-state index in [-0.39, 0.29) is 30.2 Å². The highest BCUT2D eigenvalue weighted by Crippen LogP contribution is 2.20. The Morgan fingerprint density at radius 3 is 2.30 bits per heavy atom. The summed E-state index contributed by atoms with van der Waals surface area (Å²) >= 11 is 1.62. The van der Waals surface area contributed by atoms with Gasteiger partial charge in [0.2, 0.25) is 11.8 Å². The highest BCUT2D eigenvalue weighted by atomic mass is 32.2. The number of carbonyl (C=O) groups is 2. The second-order valence-electron chi connectivity index (χ2n) is 7.30. The van der Waals surface area contributed by atoms with Crippen molar-refractivity contribution in [3.05, 3.63) is 66.0 Å². The predicted molar refractivity (Wildman–Crippen MR) is 121 cm³/mol. The summed E-state index contributed by atoms with van der Waals surface area (Å²) in [4.78, 5) is 28.7. The van der Waals surface area contributed by atoms with Gasteiger partial charge in [0.15, 0.2) is 0 Å². The van der Waals surface area contributed by atoms with Gasteiger partial charge in [-0.25, -0.2) is 4.39 Å². The Morgan fingerprint density at radius 1 is 1.03 bits per heavy atom. The van der Waals surface area contributed by atoms with Crippen LogP contribution in [0.25, 0.3) is 0 Å². The van der Waals surface area contributed by atoms with Gasteiger partial charge in [-0.15, -0.1) is 11.8 Å². The largest absolute Gasteiger partial charge is 0.352 e. The van der Waals surface area contributed by atoms with Gasteiger partial charge in [0, 0.05) is 29.7 Å². The molecule has 30 heavy (non-hydrogen) atoms.